The molecule has 0 amide bonds. The van der Waals surface area contributed by atoms with Crippen molar-refractivity contribution in [2.45, 2.75) is 17.5 Å². The quantitative estimate of drug-likeness (QED) is 0.502. The molecule has 2 aromatic carbocycles. The first-order valence-electron chi connectivity index (χ1n) is 8.71. The van der Waals surface area contributed by atoms with Crippen LogP contribution in [0.1, 0.15) is 22.9 Å². The van der Waals surface area contributed by atoms with Gasteiger partial charge < -0.3 is 9.88 Å². The lowest BCUT2D eigenvalue weighted by atomic mass is 9.90. The highest BCUT2D eigenvalue weighted by Crippen LogP contribution is 2.35. The minimum atomic E-state index is -4.57. The topological polar surface area (TPSA) is 84.2 Å². The summed E-state index contributed by atoms with van der Waals surface area (Å²) in [4.78, 5) is 4.22. The third kappa shape index (κ3) is 4.65. The Kier molecular flexibility index (Phi) is 6.78. The van der Waals surface area contributed by atoms with Crippen molar-refractivity contribution >= 4 is 33.3 Å². The van der Waals surface area contributed by atoms with Crippen LogP contribution in [-0.2, 0) is 16.7 Å². The van der Waals surface area contributed by atoms with Crippen LogP contribution in [0.2, 0.25) is 10.0 Å². The lowest BCUT2D eigenvalue weighted by Gasteiger charge is -2.21. The number of aromatic nitrogens is 2. The zero-order chi connectivity index (χ0) is 22.1. The van der Waals surface area contributed by atoms with E-state index in [0.717, 1.165) is 6.20 Å². The molecule has 0 saturated carbocycles. The number of likely N-dealkylation sites (N-methyl/N-ethyl adjacent to an activating group) is 1. The summed E-state index contributed by atoms with van der Waals surface area (Å²) < 4.78 is 62.1. The lowest BCUT2D eigenvalue weighted by Crippen LogP contribution is -2.21. The van der Waals surface area contributed by atoms with Crippen LogP contribution < -0.4 is 5.32 Å². The summed E-state index contributed by atoms with van der Waals surface area (Å²) in [6, 6.07) is 8.02. The van der Waals surface area contributed by atoms with Gasteiger partial charge in [-0.1, -0.05) is 35.3 Å². The molecule has 6 nitrogen and oxygen atoms in total. The van der Waals surface area contributed by atoms with E-state index in [4.69, 9.17) is 23.2 Å². The molecule has 160 valence electrons. The van der Waals surface area contributed by atoms with Gasteiger partial charge in [-0.15, -0.1) is 0 Å². The fourth-order valence-electron chi connectivity index (χ4n) is 3.13. The van der Waals surface area contributed by atoms with Crippen molar-refractivity contribution in [3.8, 4) is 0 Å². The summed E-state index contributed by atoms with van der Waals surface area (Å²) in [5.74, 6) is -1.81. The minimum Gasteiger partial charge on any atom is -0.318 e. The first-order valence-corrected chi connectivity index (χ1v) is 10.9. The van der Waals surface area contributed by atoms with Gasteiger partial charge in [0.2, 0.25) is 0 Å². The first kappa shape index (κ1) is 22.6. The van der Waals surface area contributed by atoms with Crippen LogP contribution in [0.25, 0.3) is 0 Å². The molecule has 0 aliphatic heterocycles. The monoisotopic (exact) mass is 475 g/mol. The molecule has 11 heteroatoms. The maximum atomic E-state index is 13.7. The normalized spacial score (nSPS) is 12.0. The molecular weight excluding hydrogens is 459 g/mol. The highest BCUT2D eigenvalue weighted by molar-refractivity contribution is 7.85. The molecule has 0 atom stereocenters. The van der Waals surface area contributed by atoms with Crippen molar-refractivity contribution < 1.29 is 21.8 Å². The average Bonchev–Trinajstić information content (AvgIpc) is 3.10. The van der Waals surface area contributed by atoms with Crippen LogP contribution in [-0.4, -0.2) is 36.1 Å². The third-order valence-corrected chi connectivity index (χ3v) is 5.95. The van der Waals surface area contributed by atoms with Crippen molar-refractivity contribution in [1.29, 1.82) is 0 Å². The number of benzene rings is 2. The Morgan fingerprint density at radius 1 is 1.10 bits per heavy atom. The van der Waals surface area contributed by atoms with Crippen LogP contribution in [0, 0.1) is 11.6 Å². The van der Waals surface area contributed by atoms with E-state index in [1.807, 2.05) is 0 Å². The Bertz CT molecular complexity index is 1130. The molecule has 0 radical (unpaired) electrons. The third-order valence-electron chi connectivity index (χ3n) is 4.51. The molecule has 0 saturated heterocycles. The maximum absolute atomic E-state index is 13.7. The van der Waals surface area contributed by atoms with Crippen molar-refractivity contribution in [2.75, 3.05) is 13.6 Å². The predicted molar refractivity (Wildman–Crippen MR) is 110 cm³/mol. The Morgan fingerprint density at radius 3 is 2.07 bits per heavy atom. The number of hydrogen-bond donors (Lipinski definition) is 2. The van der Waals surface area contributed by atoms with Crippen molar-refractivity contribution in [2.24, 2.45) is 0 Å². The summed E-state index contributed by atoms with van der Waals surface area (Å²) in [6.45, 7) is 0.522. The Labute approximate surface area is 182 Å². The van der Waals surface area contributed by atoms with Crippen LogP contribution in [0.3, 0.4) is 0 Å². The van der Waals surface area contributed by atoms with E-state index in [1.165, 1.54) is 41.0 Å². The van der Waals surface area contributed by atoms with Gasteiger partial charge >= 0.3 is 10.1 Å². The van der Waals surface area contributed by atoms with E-state index >= 15 is 0 Å². The van der Waals surface area contributed by atoms with Crippen LogP contribution in [0.5, 0.6) is 0 Å². The molecule has 1 heterocycles. The molecule has 30 heavy (non-hydrogen) atoms. The zero-order valence-corrected chi connectivity index (χ0v) is 17.9. The van der Waals surface area contributed by atoms with E-state index in [2.05, 4.69) is 10.3 Å². The number of nitrogens with zero attached hydrogens (tertiary/aromatic N) is 2. The number of imidazole rings is 1. The zero-order valence-electron chi connectivity index (χ0n) is 15.6. The highest BCUT2D eigenvalue weighted by Gasteiger charge is 2.28. The molecule has 0 unspecified atom stereocenters. The van der Waals surface area contributed by atoms with E-state index < -0.39 is 32.7 Å². The second-order valence-electron chi connectivity index (χ2n) is 6.46. The van der Waals surface area contributed by atoms with Gasteiger partial charge in [0.25, 0.3) is 0 Å². The summed E-state index contributed by atoms with van der Waals surface area (Å²) in [5, 5.41) is 2.20. The summed E-state index contributed by atoms with van der Waals surface area (Å²) >= 11 is 11.9. The Morgan fingerprint density at radius 2 is 1.63 bits per heavy atom. The molecular formula is C19H17Cl2F2N3O3S. The molecule has 3 aromatic rings. The largest absolute Gasteiger partial charge is 0.318 e. The average molecular weight is 476 g/mol. The van der Waals surface area contributed by atoms with Gasteiger partial charge in [0.15, 0.2) is 5.03 Å². The Hall–Kier alpha value is -2.04. The van der Waals surface area contributed by atoms with Crippen molar-refractivity contribution in [3.63, 3.8) is 0 Å². The fraction of sp³-hybridized carbons (Fsp3) is 0.211. The van der Waals surface area contributed by atoms with Crippen LogP contribution in [0.4, 0.5) is 8.78 Å². The summed E-state index contributed by atoms with van der Waals surface area (Å²) in [6.07, 6.45) is 1.03. The van der Waals surface area contributed by atoms with E-state index in [1.54, 1.807) is 7.05 Å². The van der Waals surface area contributed by atoms with Gasteiger partial charge in [0.1, 0.15) is 17.5 Å². The fourth-order valence-corrected chi connectivity index (χ4v) is 4.16. The number of nitrogens with one attached hydrogen (secondary N) is 1. The standard InChI is InChI=1S/C19H17Cl2F2N3O3S/c1-24-6-7-26-17(30(27,28)29)10-25-19(26)18(11-2-4-15(22)13(20)8-11)12-3-5-16(23)14(21)9-12/h2-5,8-10,18,24H,6-7H2,1H3,(H,27,28,29). The first-order chi connectivity index (χ1) is 14.1. The van der Waals surface area contributed by atoms with Crippen molar-refractivity contribution in [3.05, 3.63) is 81.2 Å². The highest BCUT2D eigenvalue weighted by atomic mass is 35.5. The summed E-state index contributed by atoms with van der Waals surface area (Å²) in [5.41, 5.74) is 0.949. The SMILES string of the molecule is CNCCn1c(S(=O)(=O)O)cnc1C(c1ccc(F)c(Cl)c1)c1ccc(F)c(Cl)c1. The molecule has 0 fully saturated rings. The van der Waals surface area contributed by atoms with Gasteiger partial charge in [-0.05, 0) is 42.4 Å². The maximum Gasteiger partial charge on any atom is 0.311 e. The smallest absolute Gasteiger partial charge is 0.311 e. The molecule has 0 aliphatic carbocycles. The van der Waals surface area contributed by atoms with E-state index in [0.29, 0.717) is 17.7 Å². The minimum absolute atomic E-state index is 0.144. The molecule has 2 N–H and O–H groups in total. The van der Waals surface area contributed by atoms with Gasteiger partial charge in [0, 0.05) is 13.1 Å². The van der Waals surface area contributed by atoms with Crippen LogP contribution >= 0.6 is 23.2 Å². The predicted octanol–water partition coefficient (Wildman–Crippen LogP) is 4.11. The van der Waals surface area contributed by atoms with Gasteiger partial charge in [-0.2, -0.15) is 8.42 Å². The number of rotatable bonds is 7. The second kappa shape index (κ2) is 8.99. The van der Waals surface area contributed by atoms with Gasteiger partial charge in [0.05, 0.1) is 22.2 Å². The van der Waals surface area contributed by atoms with E-state index in [9.17, 15) is 21.8 Å². The molecule has 0 bridgehead atoms. The summed E-state index contributed by atoms with van der Waals surface area (Å²) in [7, 11) is -2.89. The van der Waals surface area contributed by atoms with Crippen LogP contribution in [0.15, 0.2) is 47.6 Å². The number of halogens is 4. The molecule has 0 spiro atoms. The molecule has 1 aromatic heterocycles. The second-order valence-corrected chi connectivity index (χ2v) is 8.65. The van der Waals surface area contributed by atoms with Gasteiger partial charge in [-0.3, -0.25) is 4.55 Å². The Balaban J connectivity index is 2.28. The van der Waals surface area contributed by atoms with Crippen molar-refractivity contribution in [1.82, 2.24) is 14.9 Å². The number of hydrogen-bond acceptors (Lipinski definition) is 4. The van der Waals surface area contributed by atoms with E-state index in [-0.39, 0.29) is 22.4 Å². The molecule has 0 aliphatic rings. The molecule has 3 rings (SSSR count). The van der Waals surface area contributed by atoms with Gasteiger partial charge in [-0.25, -0.2) is 13.8 Å². The lowest BCUT2D eigenvalue weighted by molar-refractivity contribution is 0.464.